The monoisotopic (exact) mass is 1020 g/mol. The maximum atomic E-state index is 12.7. The highest BCUT2D eigenvalue weighted by atomic mass is 31.2. The van der Waals surface area contributed by atoms with Crippen molar-refractivity contribution >= 4 is 19.8 Å². The Morgan fingerprint density at radius 3 is 1.18 bits per heavy atom. The highest BCUT2D eigenvalue weighted by Crippen LogP contribution is 2.43. The third-order valence-electron chi connectivity index (χ3n) is 10.9. The van der Waals surface area contributed by atoms with Crippen LogP contribution in [0.15, 0.2) is 146 Å². The van der Waals surface area contributed by atoms with Gasteiger partial charge in [0.1, 0.15) is 19.8 Å². The molecular weight excluding hydrogens is 918 g/mol. The van der Waals surface area contributed by atoms with E-state index in [4.69, 9.17) is 18.5 Å². The van der Waals surface area contributed by atoms with Gasteiger partial charge in [-0.2, -0.15) is 0 Å². The van der Waals surface area contributed by atoms with Crippen molar-refractivity contribution < 1.29 is 42.1 Å². The van der Waals surface area contributed by atoms with E-state index in [-0.39, 0.29) is 32.0 Å². The molecule has 0 aromatic rings. The summed E-state index contributed by atoms with van der Waals surface area (Å²) >= 11 is 0. The van der Waals surface area contributed by atoms with Crippen molar-refractivity contribution in [2.24, 2.45) is 0 Å². The third kappa shape index (κ3) is 55.2. The van der Waals surface area contributed by atoms with E-state index in [1.54, 1.807) is 0 Å². The summed E-state index contributed by atoms with van der Waals surface area (Å²) in [5.74, 6) is -0.847. The van der Waals surface area contributed by atoms with Crippen LogP contribution in [-0.4, -0.2) is 74.9 Å². The lowest BCUT2D eigenvalue weighted by atomic mass is 10.1. The predicted octanol–water partition coefficient (Wildman–Crippen LogP) is 17.1. The number of rotatable bonds is 48. The second-order valence-corrected chi connectivity index (χ2v) is 20.3. The third-order valence-corrected chi connectivity index (χ3v) is 11.9. The number of carbonyl (C=O) groups excluding carboxylic acids is 2. The van der Waals surface area contributed by atoms with Gasteiger partial charge in [0.25, 0.3) is 0 Å². The molecule has 1 N–H and O–H groups in total. The van der Waals surface area contributed by atoms with Gasteiger partial charge in [0.2, 0.25) is 0 Å². The van der Waals surface area contributed by atoms with Gasteiger partial charge in [-0.3, -0.25) is 18.6 Å². The van der Waals surface area contributed by atoms with Gasteiger partial charge in [0, 0.05) is 12.8 Å². The molecular formula is C62H101NO8P+. The number of likely N-dealkylation sites (N-methyl/N-ethyl adjacent to an activating group) is 1. The molecule has 0 aliphatic carbocycles. The van der Waals surface area contributed by atoms with Gasteiger partial charge in [-0.25, -0.2) is 4.57 Å². The summed E-state index contributed by atoms with van der Waals surface area (Å²) in [7, 11) is 1.44. The Morgan fingerprint density at radius 1 is 0.444 bits per heavy atom. The SMILES string of the molecule is CC/C=C\C/C=C\C/C=C\C/C=C\C/C=C\C/C=C\C/C=C\C/C=C\C/C=C\C/C=C\C/C=C\C/C=C\CCCCCCC(=O)OC(COC(=O)CCCCCCCCC)COP(=O)(O)OCC[N+](C)(C)C. The number of allylic oxidation sites excluding steroid dienone is 24. The number of hydrogen-bond donors (Lipinski definition) is 1. The average molecular weight is 1020 g/mol. The summed E-state index contributed by atoms with van der Waals surface area (Å²) in [4.78, 5) is 35.3. The number of carbonyl (C=O) groups is 2. The van der Waals surface area contributed by atoms with E-state index in [0.717, 1.165) is 128 Å². The molecule has 0 aromatic heterocycles. The second-order valence-electron chi connectivity index (χ2n) is 18.9. The van der Waals surface area contributed by atoms with Crippen LogP contribution in [0, 0.1) is 0 Å². The number of esters is 2. The van der Waals surface area contributed by atoms with E-state index in [1.165, 1.54) is 19.3 Å². The van der Waals surface area contributed by atoms with Crippen LogP contribution >= 0.6 is 7.82 Å². The van der Waals surface area contributed by atoms with Gasteiger partial charge in [0.15, 0.2) is 6.10 Å². The summed E-state index contributed by atoms with van der Waals surface area (Å²) in [5.41, 5.74) is 0. The Balaban J connectivity index is 4.11. The van der Waals surface area contributed by atoms with Gasteiger partial charge < -0.3 is 18.9 Å². The van der Waals surface area contributed by atoms with Gasteiger partial charge in [-0.1, -0.05) is 211 Å². The smallest absolute Gasteiger partial charge is 0.462 e. The lowest BCUT2D eigenvalue weighted by Gasteiger charge is -2.24. The predicted molar refractivity (Wildman–Crippen MR) is 307 cm³/mol. The number of ether oxygens (including phenoxy) is 2. The molecule has 406 valence electrons. The first kappa shape index (κ1) is 67.9. The molecule has 10 heteroatoms. The molecule has 2 atom stereocenters. The maximum Gasteiger partial charge on any atom is 0.472 e. The minimum atomic E-state index is -4.39. The summed E-state index contributed by atoms with van der Waals surface area (Å²) in [6, 6.07) is 0. The molecule has 0 aromatic carbocycles. The van der Waals surface area contributed by atoms with Crippen molar-refractivity contribution in [3.63, 3.8) is 0 Å². The highest BCUT2D eigenvalue weighted by Gasteiger charge is 2.27. The number of quaternary nitrogens is 1. The van der Waals surface area contributed by atoms with Gasteiger partial charge in [-0.05, 0) is 103 Å². The average Bonchev–Trinajstić information content (AvgIpc) is 3.34. The molecule has 0 rings (SSSR count). The van der Waals surface area contributed by atoms with Crippen molar-refractivity contribution in [2.75, 3.05) is 47.5 Å². The first-order valence-corrected chi connectivity index (χ1v) is 29.1. The van der Waals surface area contributed by atoms with Gasteiger partial charge >= 0.3 is 19.8 Å². The van der Waals surface area contributed by atoms with Crippen LogP contribution in [0.5, 0.6) is 0 Å². The van der Waals surface area contributed by atoms with Crippen molar-refractivity contribution in [1.29, 1.82) is 0 Å². The minimum Gasteiger partial charge on any atom is -0.462 e. The largest absolute Gasteiger partial charge is 0.472 e. The van der Waals surface area contributed by atoms with E-state index in [2.05, 4.69) is 160 Å². The standard InChI is InChI=1S/C62H100NO8P/c1-6-8-10-12-14-15-16-17-18-19-20-21-22-23-24-25-26-27-28-29-30-31-32-33-34-35-36-37-38-39-40-41-42-43-44-45-46-47-49-51-53-55-62(65)71-60(59-70-72(66,67)69-57-56-63(3,4)5)58-68-61(64)54-52-50-48-13-11-9-7-2/h8,10,14-15,17-18,20-21,23-24,26-27,29-30,32-33,35-36,38-39,41-42,44-45,60H,6-7,9,11-13,16,19,22,25,28,31,34,37,40,43,46-59H2,1-5H3/p+1/b10-8-,15-14-,18-17-,21-20-,24-23-,27-26-,30-29-,33-32-,36-35-,39-38-,42-41-,45-44-. The van der Waals surface area contributed by atoms with E-state index in [1.807, 2.05) is 21.1 Å². The molecule has 2 unspecified atom stereocenters. The molecule has 0 heterocycles. The van der Waals surface area contributed by atoms with Gasteiger partial charge in [0.05, 0.1) is 27.7 Å². The van der Waals surface area contributed by atoms with Crippen molar-refractivity contribution in [1.82, 2.24) is 0 Å². The molecule has 0 amide bonds. The first-order chi connectivity index (χ1) is 35.0. The quantitative estimate of drug-likeness (QED) is 0.0211. The van der Waals surface area contributed by atoms with Crippen LogP contribution in [0.4, 0.5) is 0 Å². The van der Waals surface area contributed by atoms with E-state index < -0.39 is 26.5 Å². The van der Waals surface area contributed by atoms with E-state index in [9.17, 15) is 19.0 Å². The van der Waals surface area contributed by atoms with Crippen molar-refractivity contribution in [3.05, 3.63) is 146 Å². The van der Waals surface area contributed by atoms with Crippen LogP contribution in [0.2, 0.25) is 0 Å². The zero-order chi connectivity index (χ0) is 52.7. The Labute approximate surface area is 440 Å². The van der Waals surface area contributed by atoms with Crippen LogP contribution in [0.1, 0.15) is 181 Å². The Morgan fingerprint density at radius 2 is 0.792 bits per heavy atom. The lowest BCUT2D eigenvalue weighted by Crippen LogP contribution is -2.37. The van der Waals surface area contributed by atoms with Crippen molar-refractivity contribution in [2.45, 2.75) is 187 Å². The summed E-state index contributed by atoms with van der Waals surface area (Å²) in [5, 5.41) is 0. The molecule has 0 radical (unpaired) electrons. The molecule has 0 saturated heterocycles. The number of phosphoric ester groups is 1. The molecule has 72 heavy (non-hydrogen) atoms. The van der Waals surface area contributed by atoms with Crippen molar-refractivity contribution in [3.8, 4) is 0 Å². The zero-order valence-corrected chi connectivity index (χ0v) is 46.7. The summed E-state index contributed by atoms with van der Waals surface area (Å²) < 4.78 is 34.2. The normalized spacial score (nSPS) is 14.5. The van der Waals surface area contributed by atoms with E-state index >= 15 is 0 Å². The fourth-order valence-electron chi connectivity index (χ4n) is 6.64. The number of phosphoric acid groups is 1. The van der Waals surface area contributed by atoms with Gasteiger partial charge in [-0.15, -0.1) is 0 Å². The summed E-state index contributed by atoms with van der Waals surface area (Å²) in [6.07, 6.45) is 76.7. The van der Waals surface area contributed by atoms with Crippen LogP contribution < -0.4 is 0 Å². The molecule has 0 saturated carbocycles. The minimum absolute atomic E-state index is 0.0196. The second kappa shape index (κ2) is 51.8. The maximum absolute atomic E-state index is 12.7. The Hall–Kier alpha value is -4.11. The fraction of sp³-hybridized carbons (Fsp3) is 0.581. The Bertz CT molecular complexity index is 1720. The molecule has 0 aliphatic heterocycles. The zero-order valence-electron chi connectivity index (χ0n) is 45.8. The van der Waals surface area contributed by atoms with E-state index in [0.29, 0.717) is 17.4 Å². The fourth-order valence-corrected chi connectivity index (χ4v) is 7.38. The number of nitrogens with zero attached hydrogens (tertiary/aromatic N) is 1. The molecule has 0 spiro atoms. The number of unbranched alkanes of at least 4 members (excludes halogenated alkanes) is 10. The topological polar surface area (TPSA) is 108 Å². The Kier molecular flexibility index (Phi) is 48.8. The molecule has 0 aliphatic rings. The molecule has 9 nitrogen and oxygen atoms in total. The summed E-state index contributed by atoms with van der Waals surface area (Å²) in [6.45, 7) is 4.19. The number of hydrogen-bond acceptors (Lipinski definition) is 7. The first-order valence-electron chi connectivity index (χ1n) is 27.6. The van der Waals surface area contributed by atoms with Crippen LogP contribution in [0.3, 0.4) is 0 Å². The lowest BCUT2D eigenvalue weighted by molar-refractivity contribution is -0.870. The highest BCUT2D eigenvalue weighted by molar-refractivity contribution is 7.47. The molecule has 0 fully saturated rings. The van der Waals surface area contributed by atoms with Crippen LogP contribution in [0.25, 0.3) is 0 Å². The molecule has 0 bridgehead atoms. The van der Waals surface area contributed by atoms with Crippen LogP contribution in [-0.2, 0) is 32.7 Å².